The minimum atomic E-state index is -1.07. The SMILES string of the molecule is CC(C)C(=O)N1CCCc2ccc(NC(=O)c3ccc(F)c(F)c3)cc21. The van der Waals surface area contributed by atoms with Gasteiger partial charge in [0, 0.05) is 29.4 Å². The van der Waals surface area contributed by atoms with Gasteiger partial charge in [-0.15, -0.1) is 0 Å². The number of hydrogen-bond donors (Lipinski definition) is 1. The average Bonchev–Trinajstić information content (AvgIpc) is 2.62. The van der Waals surface area contributed by atoms with Crippen LogP contribution in [0.3, 0.4) is 0 Å². The van der Waals surface area contributed by atoms with Crippen LogP contribution in [0.15, 0.2) is 36.4 Å². The van der Waals surface area contributed by atoms with E-state index in [1.807, 2.05) is 19.9 Å². The summed E-state index contributed by atoms with van der Waals surface area (Å²) >= 11 is 0. The van der Waals surface area contributed by atoms with E-state index in [2.05, 4.69) is 5.32 Å². The first-order chi connectivity index (χ1) is 12.4. The summed E-state index contributed by atoms with van der Waals surface area (Å²) in [6.07, 6.45) is 1.76. The summed E-state index contributed by atoms with van der Waals surface area (Å²) < 4.78 is 26.3. The van der Waals surface area contributed by atoms with Gasteiger partial charge < -0.3 is 10.2 Å². The number of amides is 2. The number of hydrogen-bond acceptors (Lipinski definition) is 2. The lowest BCUT2D eigenvalue weighted by Crippen LogP contribution is -2.38. The van der Waals surface area contributed by atoms with Gasteiger partial charge >= 0.3 is 0 Å². The van der Waals surface area contributed by atoms with Gasteiger partial charge in [0.15, 0.2) is 11.6 Å². The van der Waals surface area contributed by atoms with Crippen LogP contribution in [-0.2, 0) is 11.2 Å². The number of fused-ring (bicyclic) bond motifs is 1. The lowest BCUT2D eigenvalue weighted by atomic mass is 9.99. The molecule has 0 spiro atoms. The highest BCUT2D eigenvalue weighted by molar-refractivity contribution is 6.05. The molecule has 136 valence electrons. The highest BCUT2D eigenvalue weighted by atomic mass is 19.2. The summed E-state index contributed by atoms with van der Waals surface area (Å²) in [4.78, 5) is 26.5. The van der Waals surface area contributed by atoms with Crippen LogP contribution in [0.25, 0.3) is 0 Å². The van der Waals surface area contributed by atoms with Crippen LogP contribution in [0, 0.1) is 17.6 Å². The first-order valence-electron chi connectivity index (χ1n) is 8.57. The summed E-state index contributed by atoms with van der Waals surface area (Å²) in [6.45, 7) is 4.35. The third-order valence-electron chi connectivity index (χ3n) is 4.40. The summed E-state index contributed by atoms with van der Waals surface area (Å²) in [5.74, 6) is -2.70. The Hall–Kier alpha value is -2.76. The average molecular weight is 358 g/mol. The van der Waals surface area contributed by atoms with Crippen molar-refractivity contribution in [2.24, 2.45) is 5.92 Å². The van der Waals surface area contributed by atoms with Gasteiger partial charge in [0.05, 0.1) is 0 Å². The summed E-state index contributed by atoms with van der Waals surface area (Å²) in [6, 6.07) is 8.39. The van der Waals surface area contributed by atoms with Crippen molar-refractivity contribution < 1.29 is 18.4 Å². The molecule has 2 aromatic carbocycles. The molecular weight excluding hydrogens is 338 g/mol. The van der Waals surface area contributed by atoms with E-state index in [1.54, 1.807) is 17.0 Å². The Balaban J connectivity index is 1.85. The van der Waals surface area contributed by atoms with Crippen molar-refractivity contribution in [1.29, 1.82) is 0 Å². The number of nitrogens with one attached hydrogen (secondary N) is 1. The van der Waals surface area contributed by atoms with Crippen LogP contribution in [0.2, 0.25) is 0 Å². The molecule has 4 nitrogen and oxygen atoms in total. The Bertz CT molecular complexity index is 865. The number of benzene rings is 2. The smallest absolute Gasteiger partial charge is 0.255 e. The molecule has 0 bridgehead atoms. The zero-order valence-electron chi connectivity index (χ0n) is 14.7. The van der Waals surface area contributed by atoms with Crippen LogP contribution in [0.5, 0.6) is 0 Å². The van der Waals surface area contributed by atoms with Crippen molar-refractivity contribution in [3.63, 3.8) is 0 Å². The molecule has 0 aliphatic carbocycles. The molecule has 26 heavy (non-hydrogen) atoms. The lowest BCUT2D eigenvalue weighted by Gasteiger charge is -2.31. The van der Waals surface area contributed by atoms with E-state index in [0.717, 1.165) is 36.2 Å². The van der Waals surface area contributed by atoms with Gasteiger partial charge in [0.25, 0.3) is 5.91 Å². The molecule has 0 unspecified atom stereocenters. The topological polar surface area (TPSA) is 49.4 Å². The number of rotatable bonds is 3. The zero-order chi connectivity index (χ0) is 18.8. The molecule has 3 rings (SSSR count). The largest absolute Gasteiger partial charge is 0.322 e. The van der Waals surface area contributed by atoms with Crippen molar-refractivity contribution in [1.82, 2.24) is 0 Å². The van der Waals surface area contributed by atoms with E-state index in [1.165, 1.54) is 6.07 Å². The Labute approximate surface area is 150 Å². The van der Waals surface area contributed by atoms with Crippen LogP contribution in [0.1, 0.15) is 36.2 Å². The Morgan fingerprint density at radius 3 is 2.54 bits per heavy atom. The fourth-order valence-electron chi connectivity index (χ4n) is 3.03. The normalized spacial score (nSPS) is 13.5. The Morgan fingerprint density at radius 1 is 1.08 bits per heavy atom. The minimum absolute atomic E-state index is 0.0248. The maximum Gasteiger partial charge on any atom is 0.255 e. The summed E-state index contributed by atoms with van der Waals surface area (Å²) in [5.41, 5.74) is 2.37. The number of carbonyl (C=O) groups excluding carboxylic acids is 2. The van der Waals surface area contributed by atoms with Gasteiger partial charge in [0.1, 0.15) is 0 Å². The second-order valence-electron chi connectivity index (χ2n) is 6.67. The Morgan fingerprint density at radius 2 is 1.85 bits per heavy atom. The minimum Gasteiger partial charge on any atom is -0.322 e. The highest BCUT2D eigenvalue weighted by Crippen LogP contribution is 2.31. The van der Waals surface area contributed by atoms with Crippen molar-refractivity contribution in [2.45, 2.75) is 26.7 Å². The number of aryl methyl sites for hydroxylation is 1. The number of carbonyl (C=O) groups is 2. The molecule has 1 heterocycles. The molecule has 0 radical (unpaired) electrons. The van der Waals surface area contributed by atoms with Crippen molar-refractivity contribution in [3.05, 3.63) is 59.2 Å². The lowest BCUT2D eigenvalue weighted by molar-refractivity contribution is -0.121. The van der Waals surface area contributed by atoms with Crippen LogP contribution in [0.4, 0.5) is 20.2 Å². The molecule has 1 aliphatic rings. The highest BCUT2D eigenvalue weighted by Gasteiger charge is 2.24. The van der Waals surface area contributed by atoms with E-state index in [9.17, 15) is 18.4 Å². The van der Waals surface area contributed by atoms with Crippen molar-refractivity contribution in [3.8, 4) is 0 Å². The van der Waals surface area contributed by atoms with Gasteiger partial charge in [-0.3, -0.25) is 9.59 Å². The molecule has 0 fully saturated rings. The predicted molar refractivity (Wildman–Crippen MR) is 96.3 cm³/mol. The third kappa shape index (κ3) is 3.59. The van der Waals surface area contributed by atoms with E-state index in [0.29, 0.717) is 12.2 Å². The number of nitrogens with zero attached hydrogens (tertiary/aromatic N) is 1. The number of halogens is 2. The summed E-state index contributed by atoms with van der Waals surface area (Å²) in [7, 11) is 0. The van der Waals surface area contributed by atoms with Gasteiger partial charge in [0.2, 0.25) is 5.91 Å². The fourth-order valence-corrected chi connectivity index (χ4v) is 3.03. The maximum atomic E-state index is 13.3. The molecular formula is C20H20F2N2O2. The standard InChI is InChI=1S/C20H20F2N2O2/c1-12(2)20(26)24-9-3-4-13-5-7-15(11-18(13)24)23-19(25)14-6-8-16(21)17(22)10-14/h5-8,10-12H,3-4,9H2,1-2H3,(H,23,25). The van der Waals surface area contributed by atoms with Gasteiger partial charge in [-0.1, -0.05) is 19.9 Å². The maximum absolute atomic E-state index is 13.3. The Kier molecular flexibility index (Phi) is 5.02. The van der Waals surface area contributed by atoms with Crippen LogP contribution < -0.4 is 10.2 Å². The molecule has 1 aliphatic heterocycles. The summed E-state index contributed by atoms with van der Waals surface area (Å²) in [5, 5.41) is 2.68. The molecule has 2 aromatic rings. The first kappa shape index (κ1) is 18.0. The molecule has 6 heteroatoms. The van der Waals surface area contributed by atoms with E-state index in [4.69, 9.17) is 0 Å². The van der Waals surface area contributed by atoms with Crippen LogP contribution in [-0.4, -0.2) is 18.4 Å². The molecule has 0 saturated heterocycles. The predicted octanol–water partition coefficient (Wildman–Crippen LogP) is 4.15. The number of anilines is 2. The van der Waals surface area contributed by atoms with E-state index >= 15 is 0 Å². The fraction of sp³-hybridized carbons (Fsp3) is 0.300. The molecule has 0 atom stereocenters. The van der Waals surface area contributed by atoms with Crippen LogP contribution >= 0.6 is 0 Å². The first-order valence-corrected chi connectivity index (χ1v) is 8.57. The second-order valence-corrected chi connectivity index (χ2v) is 6.67. The molecule has 0 saturated carbocycles. The zero-order valence-corrected chi connectivity index (χ0v) is 14.7. The second kappa shape index (κ2) is 7.23. The molecule has 2 amide bonds. The van der Waals surface area contributed by atoms with Crippen molar-refractivity contribution >= 4 is 23.2 Å². The third-order valence-corrected chi connectivity index (χ3v) is 4.40. The molecule has 0 aromatic heterocycles. The van der Waals surface area contributed by atoms with E-state index in [-0.39, 0.29) is 17.4 Å². The monoisotopic (exact) mass is 358 g/mol. The van der Waals surface area contributed by atoms with Gasteiger partial charge in [-0.25, -0.2) is 8.78 Å². The molecule has 1 N–H and O–H groups in total. The van der Waals surface area contributed by atoms with Crippen molar-refractivity contribution in [2.75, 3.05) is 16.8 Å². The van der Waals surface area contributed by atoms with Gasteiger partial charge in [-0.05, 0) is 48.7 Å². The van der Waals surface area contributed by atoms with Gasteiger partial charge in [-0.2, -0.15) is 0 Å². The van der Waals surface area contributed by atoms with E-state index < -0.39 is 17.5 Å². The quantitative estimate of drug-likeness (QED) is 0.896.